The predicted molar refractivity (Wildman–Crippen MR) is 54.9 cm³/mol. The molecule has 4 atom stereocenters. The van der Waals surface area contributed by atoms with Crippen LogP contribution in [0.2, 0.25) is 0 Å². The summed E-state index contributed by atoms with van der Waals surface area (Å²) in [5.74, 6) is 0.937. The fourth-order valence-electron chi connectivity index (χ4n) is 3.89. The first kappa shape index (κ1) is 10.0. The molecule has 0 aromatic rings. The second-order valence-corrected chi connectivity index (χ2v) is 6.09. The first-order valence-corrected chi connectivity index (χ1v) is 5.64. The van der Waals surface area contributed by atoms with Crippen molar-refractivity contribution >= 4 is 5.97 Å². The maximum absolute atomic E-state index is 11.2. The summed E-state index contributed by atoms with van der Waals surface area (Å²) in [7, 11) is 0. The highest BCUT2D eigenvalue weighted by atomic mass is 16.4. The number of fused-ring (bicyclic) bond motifs is 2. The van der Waals surface area contributed by atoms with E-state index in [-0.39, 0.29) is 11.3 Å². The maximum atomic E-state index is 11.2. The average molecular weight is 196 g/mol. The van der Waals surface area contributed by atoms with Crippen LogP contribution >= 0.6 is 0 Å². The van der Waals surface area contributed by atoms with Gasteiger partial charge in [-0.15, -0.1) is 0 Å². The Balaban J connectivity index is 2.26. The van der Waals surface area contributed by atoms with E-state index in [1.54, 1.807) is 0 Å². The summed E-state index contributed by atoms with van der Waals surface area (Å²) in [5, 5.41) is 9.27. The SMILES string of the molecule is CC(C)(C)[C@@H]1[C@H]2CC[C@H](C2)[C@@H]1C(=O)O. The molecule has 2 saturated carbocycles. The van der Waals surface area contributed by atoms with Gasteiger partial charge in [-0.2, -0.15) is 0 Å². The molecule has 1 N–H and O–H groups in total. The molecule has 2 bridgehead atoms. The van der Waals surface area contributed by atoms with Crippen LogP contribution in [0.1, 0.15) is 40.0 Å². The van der Waals surface area contributed by atoms with Crippen LogP contribution in [0, 0.1) is 29.1 Å². The third kappa shape index (κ3) is 1.35. The fourth-order valence-corrected chi connectivity index (χ4v) is 3.89. The molecule has 80 valence electrons. The minimum absolute atomic E-state index is 0.0613. The summed E-state index contributed by atoms with van der Waals surface area (Å²) in [6, 6.07) is 0. The molecular weight excluding hydrogens is 176 g/mol. The Bertz CT molecular complexity index is 252. The Labute approximate surface area is 85.7 Å². The number of rotatable bonds is 1. The number of carboxylic acid groups (broad SMARTS) is 1. The first-order chi connectivity index (χ1) is 6.41. The van der Waals surface area contributed by atoms with Crippen LogP contribution < -0.4 is 0 Å². The van der Waals surface area contributed by atoms with Crippen molar-refractivity contribution in [3.63, 3.8) is 0 Å². The molecule has 0 saturated heterocycles. The van der Waals surface area contributed by atoms with Crippen molar-refractivity contribution in [1.82, 2.24) is 0 Å². The number of carbonyl (C=O) groups is 1. The van der Waals surface area contributed by atoms with Gasteiger partial charge in [-0.25, -0.2) is 0 Å². The van der Waals surface area contributed by atoms with Gasteiger partial charge in [-0.1, -0.05) is 20.8 Å². The van der Waals surface area contributed by atoms with Crippen LogP contribution in [0.5, 0.6) is 0 Å². The molecule has 0 unspecified atom stereocenters. The normalized spacial score (nSPS) is 41.6. The third-order valence-electron chi connectivity index (χ3n) is 4.20. The molecule has 0 heterocycles. The van der Waals surface area contributed by atoms with Crippen molar-refractivity contribution in [3.8, 4) is 0 Å². The van der Waals surface area contributed by atoms with E-state index in [0.29, 0.717) is 17.8 Å². The van der Waals surface area contributed by atoms with Gasteiger partial charge in [0.25, 0.3) is 0 Å². The van der Waals surface area contributed by atoms with Gasteiger partial charge in [0.1, 0.15) is 0 Å². The van der Waals surface area contributed by atoms with E-state index < -0.39 is 5.97 Å². The Morgan fingerprint density at radius 2 is 1.79 bits per heavy atom. The van der Waals surface area contributed by atoms with Crippen LogP contribution in [-0.2, 0) is 4.79 Å². The zero-order valence-electron chi connectivity index (χ0n) is 9.29. The van der Waals surface area contributed by atoms with Crippen molar-refractivity contribution < 1.29 is 9.90 Å². The lowest BCUT2D eigenvalue weighted by atomic mass is 9.66. The highest BCUT2D eigenvalue weighted by molar-refractivity contribution is 5.71. The van der Waals surface area contributed by atoms with Crippen molar-refractivity contribution in [2.75, 3.05) is 0 Å². The Kier molecular flexibility index (Phi) is 2.13. The molecular formula is C12H20O2. The molecule has 0 aromatic heterocycles. The van der Waals surface area contributed by atoms with E-state index in [9.17, 15) is 9.90 Å². The van der Waals surface area contributed by atoms with Crippen molar-refractivity contribution in [1.29, 1.82) is 0 Å². The van der Waals surface area contributed by atoms with Crippen molar-refractivity contribution in [3.05, 3.63) is 0 Å². The molecule has 0 aliphatic heterocycles. The third-order valence-corrected chi connectivity index (χ3v) is 4.20. The van der Waals surface area contributed by atoms with Gasteiger partial charge in [0.15, 0.2) is 0 Å². The van der Waals surface area contributed by atoms with Gasteiger partial charge >= 0.3 is 5.97 Å². The predicted octanol–water partition coefficient (Wildman–Crippen LogP) is 2.78. The molecule has 0 aromatic carbocycles. The molecule has 0 radical (unpaired) electrons. The monoisotopic (exact) mass is 196 g/mol. The molecule has 2 aliphatic carbocycles. The number of hydrogen-bond acceptors (Lipinski definition) is 1. The van der Waals surface area contributed by atoms with E-state index in [4.69, 9.17) is 0 Å². The second kappa shape index (κ2) is 2.98. The van der Waals surface area contributed by atoms with Gasteiger partial charge in [0.2, 0.25) is 0 Å². The summed E-state index contributed by atoms with van der Waals surface area (Å²) in [5.41, 5.74) is 0.156. The molecule has 2 rings (SSSR count). The van der Waals surface area contributed by atoms with Gasteiger partial charge < -0.3 is 5.11 Å². The van der Waals surface area contributed by atoms with E-state index >= 15 is 0 Å². The van der Waals surface area contributed by atoms with E-state index in [2.05, 4.69) is 20.8 Å². The lowest BCUT2D eigenvalue weighted by molar-refractivity contribution is -0.147. The molecule has 0 spiro atoms. The Morgan fingerprint density at radius 1 is 1.21 bits per heavy atom. The molecule has 2 aliphatic rings. The van der Waals surface area contributed by atoms with Gasteiger partial charge in [-0.05, 0) is 42.4 Å². The zero-order valence-corrected chi connectivity index (χ0v) is 9.29. The maximum Gasteiger partial charge on any atom is 0.307 e. The van der Waals surface area contributed by atoms with Gasteiger partial charge in [-0.3, -0.25) is 4.79 Å². The highest BCUT2D eigenvalue weighted by Crippen LogP contribution is 2.57. The number of aliphatic carboxylic acids is 1. The van der Waals surface area contributed by atoms with Crippen molar-refractivity contribution in [2.24, 2.45) is 29.1 Å². The standard InChI is InChI=1S/C12H20O2/c1-12(2,3)10-8-5-4-7(6-8)9(10)11(13)14/h7-10H,4-6H2,1-3H3,(H,13,14)/t7-,8+,9+,10-/m1/s1. The summed E-state index contributed by atoms with van der Waals surface area (Å²) < 4.78 is 0. The average Bonchev–Trinajstić information content (AvgIpc) is 2.58. The van der Waals surface area contributed by atoms with Crippen LogP contribution in [0.15, 0.2) is 0 Å². The van der Waals surface area contributed by atoms with E-state index in [1.165, 1.54) is 12.8 Å². The minimum Gasteiger partial charge on any atom is -0.481 e. The number of carboxylic acids is 1. The zero-order chi connectivity index (χ0) is 10.5. The molecule has 14 heavy (non-hydrogen) atoms. The summed E-state index contributed by atoms with van der Waals surface area (Å²) in [6.07, 6.45) is 3.57. The quantitative estimate of drug-likeness (QED) is 0.700. The lowest BCUT2D eigenvalue weighted by Gasteiger charge is -2.38. The Morgan fingerprint density at radius 3 is 2.21 bits per heavy atom. The number of hydrogen-bond donors (Lipinski definition) is 1. The summed E-state index contributed by atoms with van der Waals surface area (Å²) in [4.78, 5) is 11.2. The molecule has 2 fully saturated rings. The minimum atomic E-state index is -0.558. The molecule has 0 amide bonds. The summed E-state index contributed by atoms with van der Waals surface area (Å²) in [6.45, 7) is 6.57. The van der Waals surface area contributed by atoms with Crippen LogP contribution in [0.3, 0.4) is 0 Å². The van der Waals surface area contributed by atoms with Crippen LogP contribution in [0.4, 0.5) is 0 Å². The molecule has 2 nitrogen and oxygen atoms in total. The van der Waals surface area contributed by atoms with Gasteiger partial charge in [0.05, 0.1) is 5.92 Å². The first-order valence-electron chi connectivity index (χ1n) is 5.64. The Hall–Kier alpha value is -0.530. The van der Waals surface area contributed by atoms with Crippen molar-refractivity contribution in [2.45, 2.75) is 40.0 Å². The fraction of sp³-hybridized carbons (Fsp3) is 0.917. The second-order valence-electron chi connectivity index (χ2n) is 6.09. The lowest BCUT2D eigenvalue weighted by Crippen LogP contribution is -2.37. The van der Waals surface area contributed by atoms with E-state index in [0.717, 1.165) is 6.42 Å². The molecule has 2 heteroatoms. The largest absolute Gasteiger partial charge is 0.481 e. The van der Waals surface area contributed by atoms with Gasteiger partial charge in [0, 0.05) is 0 Å². The van der Waals surface area contributed by atoms with E-state index in [1.807, 2.05) is 0 Å². The van der Waals surface area contributed by atoms with Crippen LogP contribution in [0.25, 0.3) is 0 Å². The summed E-state index contributed by atoms with van der Waals surface area (Å²) >= 11 is 0. The topological polar surface area (TPSA) is 37.3 Å². The smallest absolute Gasteiger partial charge is 0.307 e. The van der Waals surface area contributed by atoms with Crippen LogP contribution in [-0.4, -0.2) is 11.1 Å². The highest BCUT2D eigenvalue weighted by Gasteiger charge is 2.54.